The zero-order valence-electron chi connectivity index (χ0n) is 13.3. The summed E-state index contributed by atoms with van der Waals surface area (Å²) in [6.07, 6.45) is 2.39. The molecule has 2 nitrogen and oxygen atoms in total. The minimum atomic E-state index is -0.102. The predicted octanol–water partition coefficient (Wildman–Crippen LogP) is 4.19. The van der Waals surface area contributed by atoms with E-state index in [-0.39, 0.29) is 11.4 Å². The molecule has 1 aromatic carbocycles. The van der Waals surface area contributed by atoms with Crippen molar-refractivity contribution in [3.63, 3.8) is 0 Å². The summed E-state index contributed by atoms with van der Waals surface area (Å²) in [4.78, 5) is 2.36. The van der Waals surface area contributed by atoms with E-state index >= 15 is 0 Å². The number of likely N-dealkylation sites (tertiary alicyclic amines) is 1. The van der Waals surface area contributed by atoms with Gasteiger partial charge in [0.2, 0.25) is 0 Å². The maximum Gasteiger partial charge on any atom is 0.127 e. The molecule has 0 radical (unpaired) electrons. The van der Waals surface area contributed by atoms with Gasteiger partial charge in [0.1, 0.15) is 5.82 Å². The molecule has 1 aliphatic rings. The molecule has 1 aliphatic heterocycles. The lowest BCUT2D eigenvalue weighted by molar-refractivity contribution is 0.168. The SMILES string of the molecule is CC(C)(C)NCC1CCN(Cc2cc(Br)ccc2F)CC1. The standard InChI is InChI=1S/C17H26BrFN2/c1-17(2,3)20-11-13-6-8-21(9-7-13)12-14-10-15(18)4-5-16(14)19/h4-5,10,13,20H,6-9,11-12H2,1-3H3. The molecule has 0 spiro atoms. The van der Waals surface area contributed by atoms with Gasteiger partial charge >= 0.3 is 0 Å². The fourth-order valence-electron chi connectivity index (χ4n) is 2.70. The first-order chi connectivity index (χ1) is 9.83. The minimum Gasteiger partial charge on any atom is -0.312 e. The molecule has 0 amide bonds. The summed E-state index contributed by atoms with van der Waals surface area (Å²) >= 11 is 3.42. The molecule has 1 heterocycles. The maximum absolute atomic E-state index is 13.8. The average Bonchev–Trinajstić information content (AvgIpc) is 2.41. The highest BCUT2D eigenvalue weighted by atomic mass is 79.9. The molecular formula is C17H26BrFN2. The number of hydrogen-bond donors (Lipinski definition) is 1. The quantitative estimate of drug-likeness (QED) is 0.869. The van der Waals surface area contributed by atoms with Gasteiger partial charge in [0, 0.05) is 22.1 Å². The lowest BCUT2D eigenvalue weighted by atomic mass is 9.95. The second kappa shape index (κ2) is 7.21. The highest BCUT2D eigenvalue weighted by Crippen LogP contribution is 2.22. The largest absolute Gasteiger partial charge is 0.312 e. The number of rotatable bonds is 4. The van der Waals surface area contributed by atoms with Gasteiger partial charge < -0.3 is 5.32 Å². The van der Waals surface area contributed by atoms with Crippen molar-refractivity contribution in [2.45, 2.75) is 45.7 Å². The van der Waals surface area contributed by atoms with Gasteiger partial charge in [0.05, 0.1) is 0 Å². The number of benzene rings is 1. The van der Waals surface area contributed by atoms with Crippen molar-refractivity contribution < 1.29 is 4.39 Å². The Bertz CT molecular complexity index is 462. The number of hydrogen-bond acceptors (Lipinski definition) is 2. The number of nitrogens with one attached hydrogen (secondary N) is 1. The highest BCUT2D eigenvalue weighted by molar-refractivity contribution is 9.10. The van der Waals surface area contributed by atoms with E-state index in [1.54, 1.807) is 12.1 Å². The molecule has 0 saturated carbocycles. The predicted molar refractivity (Wildman–Crippen MR) is 89.9 cm³/mol. The van der Waals surface area contributed by atoms with Crippen LogP contribution in [0.2, 0.25) is 0 Å². The first-order valence-corrected chi connectivity index (χ1v) is 8.54. The van der Waals surface area contributed by atoms with E-state index < -0.39 is 0 Å². The van der Waals surface area contributed by atoms with Crippen LogP contribution in [0.1, 0.15) is 39.2 Å². The summed E-state index contributed by atoms with van der Waals surface area (Å²) in [7, 11) is 0. The maximum atomic E-state index is 13.8. The number of nitrogens with zero attached hydrogens (tertiary/aromatic N) is 1. The van der Waals surface area contributed by atoms with E-state index in [2.05, 4.69) is 46.9 Å². The van der Waals surface area contributed by atoms with Gasteiger partial charge in [-0.15, -0.1) is 0 Å². The van der Waals surface area contributed by atoms with Crippen LogP contribution in [0.25, 0.3) is 0 Å². The Morgan fingerprint density at radius 2 is 1.95 bits per heavy atom. The Hall–Kier alpha value is -0.450. The van der Waals surface area contributed by atoms with Gasteiger partial charge in [0.15, 0.2) is 0 Å². The van der Waals surface area contributed by atoms with Gasteiger partial charge in [0.25, 0.3) is 0 Å². The fourth-order valence-corrected chi connectivity index (χ4v) is 3.11. The van der Waals surface area contributed by atoms with Crippen LogP contribution in [0.4, 0.5) is 4.39 Å². The van der Waals surface area contributed by atoms with Crippen LogP contribution in [-0.2, 0) is 6.54 Å². The van der Waals surface area contributed by atoms with E-state index in [9.17, 15) is 4.39 Å². The summed E-state index contributed by atoms with van der Waals surface area (Å²) < 4.78 is 14.7. The van der Waals surface area contributed by atoms with Crippen LogP contribution in [0.5, 0.6) is 0 Å². The van der Waals surface area contributed by atoms with Crippen molar-refractivity contribution in [2.24, 2.45) is 5.92 Å². The number of piperidine rings is 1. The third-order valence-electron chi connectivity index (χ3n) is 4.03. The van der Waals surface area contributed by atoms with Crippen LogP contribution in [-0.4, -0.2) is 30.1 Å². The Morgan fingerprint density at radius 1 is 1.29 bits per heavy atom. The number of halogens is 2. The molecule has 2 rings (SSSR count). The monoisotopic (exact) mass is 356 g/mol. The van der Waals surface area contributed by atoms with Crippen molar-refractivity contribution in [3.8, 4) is 0 Å². The van der Waals surface area contributed by atoms with E-state index in [0.29, 0.717) is 6.54 Å². The molecule has 0 atom stereocenters. The molecule has 0 unspecified atom stereocenters. The molecule has 21 heavy (non-hydrogen) atoms. The van der Waals surface area contributed by atoms with Crippen molar-refractivity contribution >= 4 is 15.9 Å². The average molecular weight is 357 g/mol. The van der Waals surface area contributed by atoms with Gasteiger partial charge in [-0.2, -0.15) is 0 Å². The van der Waals surface area contributed by atoms with Crippen LogP contribution in [0, 0.1) is 11.7 Å². The Kier molecular flexibility index (Phi) is 5.81. The molecule has 1 fully saturated rings. The van der Waals surface area contributed by atoms with E-state index in [0.717, 1.165) is 35.6 Å². The van der Waals surface area contributed by atoms with Crippen LogP contribution in [0.3, 0.4) is 0 Å². The van der Waals surface area contributed by atoms with E-state index in [4.69, 9.17) is 0 Å². The summed E-state index contributed by atoms with van der Waals surface area (Å²) in [6, 6.07) is 5.19. The van der Waals surface area contributed by atoms with Crippen LogP contribution in [0.15, 0.2) is 22.7 Å². The second-order valence-electron chi connectivity index (χ2n) is 7.09. The highest BCUT2D eigenvalue weighted by Gasteiger charge is 2.21. The Labute approximate surface area is 136 Å². The van der Waals surface area contributed by atoms with Gasteiger partial charge in [-0.3, -0.25) is 4.90 Å². The zero-order chi connectivity index (χ0) is 15.5. The van der Waals surface area contributed by atoms with Gasteiger partial charge in [-0.1, -0.05) is 15.9 Å². The summed E-state index contributed by atoms with van der Waals surface area (Å²) in [5.74, 6) is 0.641. The lowest BCUT2D eigenvalue weighted by Crippen LogP contribution is -2.42. The lowest BCUT2D eigenvalue weighted by Gasteiger charge is -2.33. The third-order valence-corrected chi connectivity index (χ3v) is 4.52. The molecule has 0 aliphatic carbocycles. The Balaban J connectivity index is 1.80. The molecule has 118 valence electrons. The molecular weight excluding hydrogens is 331 g/mol. The van der Waals surface area contributed by atoms with E-state index in [1.165, 1.54) is 12.8 Å². The van der Waals surface area contributed by atoms with Crippen molar-refractivity contribution in [2.75, 3.05) is 19.6 Å². The zero-order valence-corrected chi connectivity index (χ0v) is 14.8. The van der Waals surface area contributed by atoms with Crippen LogP contribution >= 0.6 is 15.9 Å². The first-order valence-electron chi connectivity index (χ1n) is 7.75. The molecule has 4 heteroatoms. The minimum absolute atomic E-state index is 0.102. The first kappa shape index (κ1) is 16.9. The normalized spacial score (nSPS) is 18.1. The smallest absolute Gasteiger partial charge is 0.127 e. The molecule has 1 N–H and O–H groups in total. The second-order valence-corrected chi connectivity index (χ2v) is 8.00. The van der Waals surface area contributed by atoms with Crippen molar-refractivity contribution in [1.29, 1.82) is 0 Å². The van der Waals surface area contributed by atoms with Crippen molar-refractivity contribution in [1.82, 2.24) is 10.2 Å². The summed E-state index contributed by atoms with van der Waals surface area (Å²) in [5, 5.41) is 3.59. The molecule has 0 aromatic heterocycles. The molecule has 0 bridgehead atoms. The topological polar surface area (TPSA) is 15.3 Å². The summed E-state index contributed by atoms with van der Waals surface area (Å²) in [5.41, 5.74) is 0.979. The molecule has 1 aromatic rings. The Morgan fingerprint density at radius 3 is 2.57 bits per heavy atom. The summed E-state index contributed by atoms with van der Waals surface area (Å²) in [6.45, 7) is 10.5. The van der Waals surface area contributed by atoms with Crippen molar-refractivity contribution in [3.05, 3.63) is 34.1 Å². The molecule has 1 saturated heterocycles. The third kappa shape index (κ3) is 5.68. The van der Waals surface area contributed by atoms with E-state index in [1.807, 2.05) is 6.07 Å². The van der Waals surface area contributed by atoms with Gasteiger partial charge in [-0.05, 0) is 77.4 Å². The fraction of sp³-hybridized carbons (Fsp3) is 0.647. The van der Waals surface area contributed by atoms with Gasteiger partial charge in [-0.25, -0.2) is 4.39 Å². The van der Waals surface area contributed by atoms with Crippen LogP contribution < -0.4 is 5.32 Å².